The van der Waals surface area contributed by atoms with Gasteiger partial charge in [0.15, 0.2) is 0 Å². The van der Waals surface area contributed by atoms with Crippen LogP contribution in [0.1, 0.15) is 142 Å². The Morgan fingerprint density at radius 1 is 0.588 bits per heavy atom. The van der Waals surface area contributed by atoms with Crippen LogP contribution < -0.4 is 0 Å². The molecule has 1 unspecified atom stereocenters. The zero-order valence-electron chi connectivity index (χ0n) is 22.3. The summed E-state index contributed by atoms with van der Waals surface area (Å²) in [7, 11) is 0. The zero-order valence-corrected chi connectivity index (χ0v) is 22.3. The van der Waals surface area contributed by atoms with Crippen LogP contribution in [0.4, 0.5) is 0 Å². The minimum absolute atomic E-state index is 0.0750. The molecule has 0 rings (SSSR count). The molecule has 0 spiro atoms. The Kier molecular flexibility index (Phi) is 24.8. The van der Waals surface area contributed by atoms with Gasteiger partial charge in [0.05, 0.1) is 6.61 Å². The molecule has 0 saturated carbocycles. The van der Waals surface area contributed by atoms with Crippen LogP contribution >= 0.6 is 0 Å². The summed E-state index contributed by atoms with van der Waals surface area (Å²) in [5, 5.41) is 0. The monoisotopic (exact) mass is 478 g/mol. The summed E-state index contributed by atoms with van der Waals surface area (Å²) < 4.78 is 10.5. The second kappa shape index (κ2) is 26.0. The molecule has 0 fully saturated rings. The molecule has 0 radical (unpaired) electrons. The smallest absolute Gasteiger partial charge is 0.330 e. The highest BCUT2D eigenvalue weighted by Crippen LogP contribution is 2.17. The largest absolute Gasteiger partial charge is 0.463 e. The zero-order chi connectivity index (χ0) is 25.1. The molecular weight excluding hydrogens is 424 g/mol. The van der Waals surface area contributed by atoms with Crippen molar-refractivity contribution in [1.82, 2.24) is 0 Å². The molecule has 0 amide bonds. The van der Waals surface area contributed by atoms with E-state index in [1.165, 1.54) is 108 Å². The van der Waals surface area contributed by atoms with Gasteiger partial charge in [0.2, 0.25) is 0 Å². The van der Waals surface area contributed by atoms with E-state index in [-0.39, 0.29) is 18.0 Å². The second-order valence-electron chi connectivity index (χ2n) is 9.58. The van der Waals surface area contributed by atoms with Crippen molar-refractivity contribution >= 4 is 11.9 Å². The molecule has 0 N–H and O–H groups in total. The lowest BCUT2D eigenvalue weighted by molar-refractivity contribution is -0.143. The van der Waals surface area contributed by atoms with E-state index in [1.54, 1.807) is 0 Å². The fourth-order valence-corrected chi connectivity index (χ4v) is 4.28. The van der Waals surface area contributed by atoms with Crippen molar-refractivity contribution < 1.29 is 19.1 Å². The van der Waals surface area contributed by atoms with Crippen molar-refractivity contribution in [3.8, 4) is 0 Å². The Morgan fingerprint density at radius 2 is 0.971 bits per heavy atom. The molecule has 1 atom stereocenters. The summed E-state index contributed by atoms with van der Waals surface area (Å²) in [6.07, 6.45) is 28.7. The molecule has 4 nitrogen and oxygen atoms in total. The van der Waals surface area contributed by atoms with Gasteiger partial charge in [-0.3, -0.25) is 0 Å². The first kappa shape index (κ1) is 32.4. The minimum atomic E-state index is -0.313. The van der Waals surface area contributed by atoms with Crippen molar-refractivity contribution in [2.24, 2.45) is 0 Å². The Balaban J connectivity index is 3.37. The van der Waals surface area contributed by atoms with E-state index < -0.39 is 0 Å². The van der Waals surface area contributed by atoms with Crippen molar-refractivity contribution in [3.63, 3.8) is 0 Å². The Morgan fingerprint density at radius 3 is 1.38 bits per heavy atom. The third kappa shape index (κ3) is 23.6. The predicted molar refractivity (Wildman–Crippen MR) is 144 cm³/mol. The summed E-state index contributed by atoms with van der Waals surface area (Å²) in [5.41, 5.74) is 0. The summed E-state index contributed by atoms with van der Waals surface area (Å²) >= 11 is 0. The Labute approximate surface area is 210 Å². The topological polar surface area (TPSA) is 52.6 Å². The van der Waals surface area contributed by atoms with Crippen LogP contribution in [0, 0.1) is 0 Å². The number of hydrogen-bond acceptors (Lipinski definition) is 4. The number of carbonyl (C=O) groups excluding carboxylic acids is 2. The van der Waals surface area contributed by atoms with Crippen LogP contribution in [0.25, 0.3) is 0 Å². The molecule has 34 heavy (non-hydrogen) atoms. The Hall–Kier alpha value is -1.58. The number of esters is 2. The number of carbonyl (C=O) groups is 2. The van der Waals surface area contributed by atoms with Crippen LogP contribution in [-0.4, -0.2) is 24.6 Å². The highest BCUT2D eigenvalue weighted by atomic mass is 16.5. The van der Waals surface area contributed by atoms with Gasteiger partial charge in [-0.15, -0.1) is 0 Å². The second-order valence-corrected chi connectivity index (χ2v) is 9.58. The molecule has 0 aromatic rings. The molecule has 0 aliphatic carbocycles. The van der Waals surface area contributed by atoms with E-state index >= 15 is 0 Å². The molecule has 198 valence electrons. The van der Waals surface area contributed by atoms with Gasteiger partial charge in [0.25, 0.3) is 0 Å². The highest BCUT2D eigenvalue weighted by molar-refractivity contribution is 5.81. The standard InChI is InChI=1S/C30H54O4/c1-4-7-22-25-28(34-30(32)6-3)26-23-20-18-16-14-12-10-8-9-11-13-15-17-19-21-24-27-33-29(31)5-2/h5-6,28H,2-4,7-27H2,1H3. The molecule has 0 saturated heterocycles. The maximum Gasteiger partial charge on any atom is 0.330 e. The number of ether oxygens (including phenoxy) is 2. The van der Waals surface area contributed by atoms with E-state index in [9.17, 15) is 9.59 Å². The summed E-state index contributed by atoms with van der Waals surface area (Å²) in [4.78, 5) is 22.4. The van der Waals surface area contributed by atoms with Gasteiger partial charge in [0.1, 0.15) is 6.10 Å². The van der Waals surface area contributed by atoms with Gasteiger partial charge in [-0.1, -0.05) is 123 Å². The van der Waals surface area contributed by atoms with E-state index in [0.717, 1.165) is 38.5 Å². The summed E-state index contributed by atoms with van der Waals surface area (Å²) in [6.45, 7) is 9.63. The van der Waals surface area contributed by atoms with Crippen LogP contribution in [0.3, 0.4) is 0 Å². The van der Waals surface area contributed by atoms with Crippen molar-refractivity contribution in [2.75, 3.05) is 6.61 Å². The van der Waals surface area contributed by atoms with Crippen LogP contribution in [0.5, 0.6) is 0 Å². The quantitative estimate of drug-likeness (QED) is 0.0707. The SMILES string of the molecule is C=CC(=O)OCCCCCCCCCCCCCCCCCCC(CCCCC)OC(=O)C=C. The number of hydrogen-bond donors (Lipinski definition) is 0. The third-order valence-corrected chi connectivity index (χ3v) is 6.41. The normalized spacial score (nSPS) is 11.7. The third-order valence-electron chi connectivity index (χ3n) is 6.41. The first-order valence-electron chi connectivity index (χ1n) is 14.3. The molecule has 0 aromatic heterocycles. The summed E-state index contributed by atoms with van der Waals surface area (Å²) in [6, 6.07) is 0. The van der Waals surface area contributed by atoms with E-state index in [4.69, 9.17) is 9.47 Å². The van der Waals surface area contributed by atoms with E-state index in [0.29, 0.717) is 6.61 Å². The van der Waals surface area contributed by atoms with Crippen molar-refractivity contribution in [1.29, 1.82) is 0 Å². The maximum absolute atomic E-state index is 11.5. The average Bonchev–Trinajstić information content (AvgIpc) is 2.84. The lowest BCUT2D eigenvalue weighted by atomic mass is 10.0. The van der Waals surface area contributed by atoms with Gasteiger partial charge in [-0.25, -0.2) is 9.59 Å². The van der Waals surface area contributed by atoms with E-state index in [1.807, 2.05) is 0 Å². The fourth-order valence-electron chi connectivity index (χ4n) is 4.28. The maximum atomic E-state index is 11.5. The van der Waals surface area contributed by atoms with Gasteiger partial charge >= 0.3 is 11.9 Å². The lowest BCUT2D eigenvalue weighted by Gasteiger charge is -2.17. The van der Waals surface area contributed by atoms with E-state index in [2.05, 4.69) is 20.1 Å². The van der Waals surface area contributed by atoms with Crippen LogP contribution in [-0.2, 0) is 19.1 Å². The van der Waals surface area contributed by atoms with Crippen LogP contribution in [0.2, 0.25) is 0 Å². The van der Waals surface area contributed by atoms with Crippen molar-refractivity contribution in [3.05, 3.63) is 25.3 Å². The molecule has 0 heterocycles. The Bertz CT molecular complexity index is 500. The average molecular weight is 479 g/mol. The summed E-state index contributed by atoms with van der Waals surface area (Å²) in [5.74, 6) is -0.589. The molecule has 0 aliphatic rings. The number of rotatable bonds is 26. The minimum Gasteiger partial charge on any atom is -0.463 e. The molecule has 0 aromatic carbocycles. The molecule has 0 aliphatic heterocycles. The lowest BCUT2D eigenvalue weighted by Crippen LogP contribution is -2.16. The highest BCUT2D eigenvalue weighted by Gasteiger charge is 2.12. The molecule has 4 heteroatoms. The van der Waals surface area contributed by atoms with Gasteiger partial charge in [-0.05, 0) is 32.1 Å². The fraction of sp³-hybridized carbons (Fsp3) is 0.800. The van der Waals surface area contributed by atoms with Gasteiger partial charge < -0.3 is 9.47 Å². The first-order chi connectivity index (χ1) is 16.6. The van der Waals surface area contributed by atoms with Gasteiger partial charge in [-0.2, -0.15) is 0 Å². The van der Waals surface area contributed by atoms with Crippen molar-refractivity contribution in [2.45, 2.75) is 148 Å². The van der Waals surface area contributed by atoms with Gasteiger partial charge in [0, 0.05) is 12.2 Å². The predicted octanol–water partition coefficient (Wildman–Crippen LogP) is 9.03. The molecular formula is C30H54O4. The first-order valence-corrected chi connectivity index (χ1v) is 14.3. The van der Waals surface area contributed by atoms with Crippen LogP contribution in [0.15, 0.2) is 25.3 Å². The molecule has 0 bridgehead atoms. The number of unbranched alkanes of at least 4 members (excludes halogenated alkanes) is 17.